The van der Waals surface area contributed by atoms with Crippen molar-refractivity contribution in [3.05, 3.63) is 36.0 Å². The van der Waals surface area contributed by atoms with Crippen molar-refractivity contribution in [3.8, 4) is 0 Å². The molecule has 0 nitrogen and oxygen atoms in total. The lowest BCUT2D eigenvalue weighted by Crippen LogP contribution is -1.95. The molecule has 0 aliphatic heterocycles. The SMILES string of the molecule is C=C/C=C(C)\C=C(/CC)C(F)F. The first-order valence-corrected chi connectivity index (χ1v) is 3.89. The third-order valence-corrected chi connectivity index (χ3v) is 1.48. The Morgan fingerprint density at radius 3 is 2.42 bits per heavy atom. The highest BCUT2D eigenvalue weighted by Crippen LogP contribution is 2.14. The van der Waals surface area contributed by atoms with Crippen molar-refractivity contribution in [2.75, 3.05) is 0 Å². The van der Waals surface area contributed by atoms with Crippen molar-refractivity contribution in [1.82, 2.24) is 0 Å². The van der Waals surface area contributed by atoms with E-state index in [2.05, 4.69) is 6.58 Å². The highest BCUT2D eigenvalue weighted by molar-refractivity contribution is 5.25. The maximum atomic E-state index is 12.2. The molecular formula is C10H14F2. The smallest absolute Gasteiger partial charge is 0.205 e. The molecule has 0 aromatic heterocycles. The Bertz CT molecular complexity index is 200. The van der Waals surface area contributed by atoms with Crippen molar-refractivity contribution in [2.45, 2.75) is 26.7 Å². The van der Waals surface area contributed by atoms with Gasteiger partial charge in [0, 0.05) is 0 Å². The second-order valence-corrected chi connectivity index (χ2v) is 2.52. The van der Waals surface area contributed by atoms with Gasteiger partial charge in [-0.2, -0.15) is 0 Å². The molecule has 0 fully saturated rings. The number of hydrogen-bond donors (Lipinski definition) is 0. The number of hydrogen-bond acceptors (Lipinski definition) is 0. The molecule has 0 aliphatic carbocycles. The predicted octanol–water partition coefficient (Wildman–Crippen LogP) is 3.72. The van der Waals surface area contributed by atoms with Crippen LogP contribution in [0.3, 0.4) is 0 Å². The van der Waals surface area contributed by atoms with Crippen LogP contribution in [0.2, 0.25) is 0 Å². The topological polar surface area (TPSA) is 0 Å². The van der Waals surface area contributed by atoms with E-state index < -0.39 is 6.43 Å². The Labute approximate surface area is 72.3 Å². The molecular weight excluding hydrogens is 158 g/mol. The molecule has 0 aromatic rings. The van der Waals surface area contributed by atoms with Crippen LogP contribution < -0.4 is 0 Å². The van der Waals surface area contributed by atoms with Crippen LogP contribution in [0, 0.1) is 0 Å². The summed E-state index contributed by atoms with van der Waals surface area (Å²) >= 11 is 0. The molecule has 0 aliphatic rings. The summed E-state index contributed by atoms with van der Waals surface area (Å²) < 4.78 is 24.4. The zero-order valence-electron chi connectivity index (χ0n) is 7.48. The third-order valence-electron chi connectivity index (χ3n) is 1.48. The molecule has 0 spiro atoms. The lowest BCUT2D eigenvalue weighted by molar-refractivity contribution is 0.186. The fraction of sp³-hybridized carbons (Fsp3) is 0.400. The summed E-state index contributed by atoms with van der Waals surface area (Å²) in [7, 11) is 0. The molecule has 0 bridgehead atoms. The van der Waals surface area contributed by atoms with Gasteiger partial charge in [-0.1, -0.05) is 37.3 Å². The van der Waals surface area contributed by atoms with E-state index in [-0.39, 0.29) is 5.57 Å². The first-order chi connectivity index (χ1) is 5.61. The van der Waals surface area contributed by atoms with E-state index in [0.717, 1.165) is 5.57 Å². The van der Waals surface area contributed by atoms with E-state index in [0.29, 0.717) is 6.42 Å². The number of allylic oxidation sites excluding steroid dienone is 5. The van der Waals surface area contributed by atoms with Gasteiger partial charge < -0.3 is 0 Å². The number of rotatable bonds is 4. The molecule has 0 amide bonds. The van der Waals surface area contributed by atoms with Crippen LogP contribution in [0.15, 0.2) is 36.0 Å². The molecule has 12 heavy (non-hydrogen) atoms. The van der Waals surface area contributed by atoms with Gasteiger partial charge >= 0.3 is 0 Å². The van der Waals surface area contributed by atoms with Crippen molar-refractivity contribution in [1.29, 1.82) is 0 Å². The largest absolute Gasteiger partial charge is 0.260 e. The lowest BCUT2D eigenvalue weighted by Gasteiger charge is -2.01. The Balaban J connectivity index is 4.48. The van der Waals surface area contributed by atoms with Crippen LogP contribution in [0.1, 0.15) is 20.3 Å². The molecule has 0 radical (unpaired) electrons. The van der Waals surface area contributed by atoms with E-state index >= 15 is 0 Å². The van der Waals surface area contributed by atoms with Crippen LogP contribution in [0.5, 0.6) is 0 Å². The zero-order chi connectivity index (χ0) is 9.56. The van der Waals surface area contributed by atoms with E-state index in [1.165, 1.54) is 6.08 Å². The van der Waals surface area contributed by atoms with Gasteiger partial charge in [-0.15, -0.1) is 0 Å². The molecule has 0 saturated heterocycles. The second kappa shape index (κ2) is 5.70. The van der Waals surface area contributed by atoms with E-state index in [1.54, 1.807) is 26.0 Å². The quantitative estimate of drug-likeness (QED) is 0.567. The Kier molecular flexibility index (Phi) is 5.26. The second-order valence-electron chi connectivity index (χ2n) is 2.52. The summed E-state index contributed by atoms with van der Waals surface area (Å²) in [5.74, 6) is 0. The minimum atomic E-state index is -2.34. The summed E-state index contributed by atoms with van der Waals surface area (Å²) in [6.45, 7) is 6.98. The summed E-state index contributed by atoms with van der Waals surface area (Å²) in [4.78, 5) is 0. The fourth-order valence-electron chi connectivity index (χ4n) is 0.846. The van der Waals surface area contributed by atoms with E-state index in [9.17, 15) is 8.78 Å². The summed E-state index contributed by atoms with van der Waals surface area (Å²) in [5.41, 5.74) is 0.979. The Morgan fingerprint density at radius 2 is 2.08 bits per heavy atom. The summed E-state index contributed by atoms with van der Waals surface area (Å²) in [6, 6.07) is 0. The van der Waals surface area contributed by atoms with Crippen molar-refractivity contribution < 1.29 is 8.78 Å². The summed E-state index contributed by atoms with van der Waals surface area (Å²) in [5, 5.41) is 0. The molecule has 0 atom stereocenters. The van der Waals surface area contributed by atoms with Crippen LogP contribution in [-0.4, -0.2) is 6.43 Å². The molecule has 68 valence electrons. The third kappa shape index (κ3) is 4.06. The molecule has 0 aromatic carbocycles. The van der Waals surface area contributed by atoms with E-state index in [1.807, 2.05) is 0 Å². The van der Waals surface area contributed by atoms with Crippen molar-refractivity contribution in [2.24, 2.45) is 0 Å². The Morgan fingerprint density at radius 1 is 1.50 bits per heavy atom. The lowest BCUT2D eigenvalue weighted by atomic mass is 10.1. The normalized spacial score (nSPS) is 13.8. The Hall–Kier alpha value is -0.920. The highest BCUT2D eigenvalue weighted by atomic mass is 19.3. The van der Waals surface area contributed by atoms with Crippen molar-refractivity contribution >= 4 is 0 Å². The van der Waals surface area contributed by atoms with Crippen LogP contribution in [0.25, 0.3) is 0 Å². The van der Waals surface area contributed by atoms with Gasteiger partial charge in [0.25, 0.3) is 6.43 Å². The van der Waals surface area contributed by atoms with Gasteiger partial charge in [-0.05, 0) is 18.9 Å². The first kappa shape index (κ1) is 11.1. The van der Waals surface area contributed by atoms with Crippen LogP contribution in [-0.2, 0) is 0 Å². The molecule has 0 N–H and O–H groups in total. The van der Waals surface area contributed by atoms with Crippen molar-refractivity contribution in [3.63, 3.8) is 0 Å². The van der Waals surface area contributed by atoms with Gasteiger partial charge in [-0.3, -0.25) is 0 Å². The number of halogens is 2. The fourth-order valence-corrected chi connectivity index (χ4v) is 0.846. The zero-order valence-corrected chi connectivity index (χ0v) is 7.48. The van der Waals surface area contributed by atoms with Gasteiger partial charge in [0.05, 0.1) is 0 Å². The molecule has 0 heterocycles. The molecule has 0 unspecified atom stereocenters. The van der Waals surface area contributed by atoms with Gasteiger partial charge in [0.15, 0.2) is 0 Å². The van der Waals surface area contributed by atoms with Crippen LogP contribution in [0.4, 0.5) is 8.78 Å². The summed E-state index contributed by atoms with van der Waals surface area (Å²) in [6.07, 6.45) is 2.85. The maximum Gasteiger partial charge on any atom is 0.260 e. The minimum absolute atomic E-state index is 0.172. The average Bonchev–Trinajstić information content (AvgIpc) is 2.00. The minimum Gasteiger partial charge on any atom is -0.205 e. The first-order valence-electron chi connectivity index (χ1n) is 3.89. The average molecular weight is 172 g/mol. The van der Waals surface area contributed by atoms with Gasteiger partial charge in [0.2, 0.25) is 0 Å². The van der Waals surface area contributed by atoms with E-state index in [4.69, 9.17) is 0 Å². The predicted molar refractivity (Wildman–Crippen MR) is 48.3 cm³/mol. The van der Waals surface area contributed by atoms with Gasteiger partial charge in [0.1, 0.15) is 0 Å². The maximum absolute atomic E-state index is 12.2. The van der Waals surface area contributed by atoms with Gasteiger partial charge in [-0.25, -0.2) is 8.78 Å². The standard InChI is InChI=1S/C10H14F2/c1-4-6-8(3)7-9(5-2)10(11)12/h4,6-7,10H,1,5H2,2-3H3/b8-6-,9-7+. The molecule has 0 saturated carbocycles. The highest BCUT2D eigenvalue weighted by Gasteiger charge is 2.07. The molecule has 2 heteroatoms. The van der Waals surface area contributed by atoms with Crippen LogP contribution >= 0.6 is 0 Å². The number of alkyl halides is 2. The molecule has 0 rings (SSSR count). The monoisotopic (exact) mass is 172 g/mol.